The van der Waals surface area contributed by atoms with Crippen LogP contribution in [0, 0.1) is 5.82 Å². The second-order valence-corrected chi connectivity index (χ2v) is 6.66. The monoisotopic (exact) mass is 385 g/mol. The maximum absolute atomic E-state index is 13.9. The van der Waals surface area contributed by atoms with E-state index in [-0.39, 0.29) is 18.4 Å². The first kappa shape index (κ1) is 18.2. The number of imide groups is 1. The molecule has 0 aromatic heterocycles. The number of carbonyl (C=O) groups is 2. The van der Waals surface area contributed by atoms with Crippen molar-refractivity contribution in [2.24, 2.45) is 0 Å². The number of hydrogen-bond donors (Lipinski definition) is 2. The van der Waals surface area contributed by atoms with E-state index in [0.29, 0.717) is 42.5 Å². The number of halogens is 1. The molecule has 0 radical (unpaired) electrons. The summed E-state index contributed by atoms with van der Waals surface area (Å²) in [5.41, 5.74) is 1.06. The van der Waals surface area contributed by atoms with Crippen LogP contribution in [0.1, 0.15) is 18.0 Å². The minimum Gasteiger partial charge on any atom is -0.486 e. The molecular formula is C20H20FN3O4. The third-order valence-electron chi connectivity index (χ3n) is 4.79. The number of nitrogens with one attached hydrogen (secondary N) is 2. The van der Waals surface area contributed by atoms with E-state index in [1.165, 1.54) is 6.07 Å². The molecule has 0 saturated carbocycles. The highest BCUT2D eigenvalue weighted by molar-refractivity contribution is 6.01. The molecule has 146 valence electrons. The van der Waals surface area contributed by atoms with Gasteiger partial charge in [0, 0.05) is 29.9 Å². The van der Waals surface area contributed by atoms with Crippen LogP contribution in [0.25, 0.3) is 0 Å². The van der Waals surface area contributed by atoms with Crippen LogP contribution in [0.5, 0.6) is 11.5 Å². The maximum atomic E-state index is 13.9. The van der Waals surface area contributed by atoms with Gasteiger partial charge in [0.1, 0.15) is 19.0 Å². The van der Waals surface area contributed by atoms with Crippen LogP contribution < -0.4 is 20.1 Å². The Balaban J connectivity index is 1.30. The van der Waals surface area contributed by atoms with Crippen LogP contribution in [-0.2, 0) is 4.79 Å². The van der Waals surface area contributed by atoms with Crippen molar-refractivity contribution in [3.05, 3.63) is 53.8 Å². The Morgan fingerprint density at radius 3 is 2.64 bits per heavy atom. The Morgan fingerprint density at radius 1 is 1.11 bits per heavy atom. The minimum absolute atomic E-state index is 0.0214. The second-order valence-electron chi connectivity index (χ2n) is 6.66. The molecule has 1 saturated heterocycles. The van der Waals surface area contributed by atoms with Crippen molar-refractivity contribution in [1.82, 2.24) is 10.2 Å². The van der Waals surface area contributed by atoms with Gasteiger partial charge >= 0.3 is 6.03 Å². The van der Waals surface area contributed by atoms with E-state index in [2.05, 4.69) is 10.6 Å². The molecule has 0 bridgehead atoms. The number of hydrogen-bond acceptors (Lipinski definition) is 5. The van der Waals surface area contributed by atoms with Gasteiger partial charge in [-0.15, -0.1) is 0 Å². The van der Waals surface area contributed by atoms with Gasteiger partial charge in [-0.05, 0) is 24.6 Å². The summed E-state index contributed by atoms with van der Waals surface area (Å²) in [7, 11) is 0. The van der Waals surface area contributed by atoms with Crippen molar-refractivity contribution in [2.75, 3.05) is 31.6 Å². The number of ether oxygens (including phenoxy) is 2. The van der Waals surface area contributed by atoms with Crippen LogP contribution >= 0.6 is 0 Å². The van der Waals surface area contributed by atoms with Gasteiger partial charge in [0.15, 0.2) is 11.5 Å². The predicted molar refractivity (Wildman–Crippen MR) is 99.9 cm³/mol. The molecule has 2 heterocycles. The molecule has 4 rings (SSSR count). The Kier molecular flexibility index (Phi) is 5.12. The standard InChI is InChI=1S/C20H20FN3O4/c21-15-4-2-1-3-14(15)16-7-8-24(16)12-19(25)23-20(26)22-13-5-6-17-18(11-13)28-10-9-27-17/h1-6,11,16H,7-10,12H2,(H2,22,23,25,26). The fraction of sp³-hybridized carbons (Fsp3) is 0.300. The second kappa shape index (κ2) is 7.85. The minimum atomic E-state index is -0.635. The molecule has 3 amide bonds. The van der Waals surface area contributed by atoms with Crippen molar-refractivity contribution in [1.29, 1.82) is 0 Å². The molecule has 8 heteroatoms. The van der Waals surface area contributed by atoms with Gasteiger partial charge < -0.3 is 14.8 Å². The highest BCUT2D eigenvalue weighted by atomic mass is 19.1. The number of carbonyl (C=O) groups excluding carboxylic acids is 2. The molecule has 2 aliphatic heterocycles. The third kappa shape index (κ3) is 3.91. The van der Waals surface area contributed by atoms with Gasteiger partial charge in [-0.25, -0.2) is 9.18 Å². The SMILES string of the molecule is O=C(CN1CCC1c1ccccc1F)NC(=O)Nc1ccc2c(c1)OCCO2. The van der Waals surface area contributed by atoms with Gasteiger partial charge in [-0.1, -0.05) is 18.2 Å². The van der Waals surface area contributed by atoms with E-state index in [1.807, 2.05) is 4.90 Å². The van der Waals surface area contributed by atoms with Crippen molar-refractivity contribution < 1.29 is 23.5 Å². The average Bonchev–Trinajstić information content (AvgIpc) is 2.67. The zero-order chi connectivity index (χ0) is 19.5. The molecule has 0 spiro atoms. The molecule has 28 heavy (non-hydrogen) atoms. The number of fused-ring (bicyclic) bond motifs is 1. The molecule has 2 N–H and O–H groups in total. The average molecular weight is 385 g/mol. The lowest BCUT2D eigenvalue weighted by atomic mass is 9.94. The van der Waals surface area contributed by atoms with Crippen LogP contribution in [0.4, 0.5) is 14.9 Å². The van der Waals surface area contributed by atoms with E-state index in [0.717, 1.165) is 6.42 Å². The lowest BCUT2D eigenvalue weighted by Crippen LogP contribution is -2.48. The largest absolute Gasteiger partial charge is 0.486 e. The topological polar surface area (TPSA) is 79.9 Å². The number of likely N-dealkylation sites (tertiary alicyclic amines) is 1. The summed E-state index contributed by atoms with van der Waals surface area (Å²) in [6.45, 7) is 1.63. The van der Waals surface area contributed by atoms with Gasteiger partial charge in [0.05, 0.1) is 6.54 Å². The van der Waals surface area contributed by atoms with Crippen LogP contribution in [0.3, 0.4) is 0 Å². The number of rotatable bonds is 4. The molecule has 2 aromatic rings. The molecule has 0 aliphatic carbocycles. The summed E-state index contributed by atoms with van der Waals surface area (Å²) in [6, 6.07) is 10.8. The third-order valence-corrected chi connectivity index (χ3v) is 4.79. The van der Waals surface area contributed by atoms with Crippen LogP contribution in [-0.4, -0.2) is 43.1 Å². The van der Waals surface area contributed by atoms with E-state index >= 15 is 0 Å². The molecule has 1 atom stereocenters. The molecular weight excluding hydrogens is 365 g/mol. The summed E-state index contributed by atoms with van der Waals surface area (Å²) in [6.07, 6.45) is 0.775. The summed E-state index contributed by atoms with van der Waals surface area (Å²) < 4.78 is 24.8. The van der Waals surface area contributed by atoms with E-state index < -0.39 is 11.9 Å². The molecule has 1 unspecified atom stereocenters. The summed E-state index contributed by atoms with van der Waals surface area (Å²) in [4.78, 5) is 26.1. The van der Waals surface area contributed by atoms with E-state index in [4.69, 9.17) is 9.47 Å². The lowest BCUT2D eigenvalue weighted by Gasteiger charge is -2.40. The van der Waals surface area contributed by atoms with Gasteiger partial charge in [0.25, 0.3) is 0 Å². The van der Waals surface area contributed by atoms with Gasteiger partial charge in [-0.2, -0.15) is 0 Å². The Morgan fingerprint density at radius 2 is 1.89 bits per heavy atom. The number of urea groups is 1. The number of nitrogens with zero attached hydrogens (tertiary/aromatic N) is 1. The van der Waals surface area contributed by atoms with Crippen molar-refractivity contribution >= 4 is 17.6 Å². The first-order chi connectivity index (χ1) is 13.6. The molecule has 2 aliphatic rings. The normalized spacial score (nSPS) is 18.1. The first-order valence-electron chi connectivity index (χ1n) is 9.09. The van der Waals surface area contributed by atoms with Crippen LogP contribution in [0.2, 0.25) is 0 Å². The Bertz CT molecular complexity index is 905. The fourth-order valence-electron chi connectivity index (χ4n) is 3.36. The lowest BCUT2D eigenvalue weighted by molar-refractivity contribution is -0.123. The highest BCUT2D eigenvalue weighted by Crippen LogP contribution is 2.34. The fourth-order valence-corrected chi connectivity index (χ4v) is 3.36. The Hall–Kier alpha value is -3.13. The smallest absolute Gasteiger partial charge is 0.325 e. The molecule has 7 nitrogen and oxygen atoms in total. The van der Waals surface area contributed by atoms with Crippen molar-refractivity contribution in [3.63, 3.8) is 0 Å². The summed E-state index contributed by atoms with van der Waals surface area (Å²) >= 11 is 0. The summed E-state index contributed by atoms with van der Waals surface area (Å²) in [5, 5.41) is 4.90. The zero-order valence-electron chi connectivity index (χ0n) is 15.1. The van der Waals surface area contributed by atoms with E-state index in [1.54, 1.807) is 36.4 Å². The predicted octanol–water partition coefficient (Wildman–Crippen LogP) is 2.69. The Labute approximate surface area is 161 Å². The molecule has 2 aromatic carbocycles. The number of benzene rings is 2. The van der Waals surface area contributed by atoms with Gasteiger partial charge in [0.2, 0.25) is 5.91 Å². The van der Waals surface area contributed by atoms with Crippen LogP contribution in [0.15, 0.2) is 42.5 Å². The maximum Gasteiger partial charge on any atom is 0.325 e. The van der Waals surface area contributed by atoms with Gasteiger partial charge in [-0.3, -0.25) is 15.0 Å². The number of anilines is 1. The van der Waals surface area contributed by atoms with Crippen molar-refractivity contribution in [2.45, 2.75) is 12.5 Å². The highest BCUT2D eigenvalue weighted by Gasteiger charge is 2.32. The molecule has 1 fully saturated rings. The first-order valence-corrected chi connectivity index (χ1v) is 9.09. The van der Waals surface area contributed by atoms with Crippen molar-refractivity contribution in [3.8, 4) is 11.5 Å². The quantitative estimate of drug-likeness (QED) is 0.846. The summed E-state index contributed by atoms with van der Waals surface area (Å²) in [5.74, 6) is 0.430. The van der Waals surface area contributed by atoms with E-state index in [9.17, 15) is 14.0 Å². The zero-order valence-corrected chi connectivity index (χ0v) is 15.1. The number of amides is 3.